The average molecular weight is 1910 g/mol. The fourth-order valence-corrected chi connectivity index (χ4v) is 10.6. The number of rotatable bonds is 13. The first-order valence-corrected chi connectivity index (χ1v) is 30.3. The number of aryl methyl sites for hydroxylation is 4. The second-order valence-corrected chi connectivity index (χ2v) is 22.2. The number of aromatic nitrogens is 4. The van der Waals surface area contributed by atoms with E-state index in [1.807, 2.05) is 128 Å². The minimum Gasteiger partial charge on any atom is -0.305 e. The molecule has 0 aliphatic carbocycles. The largest absolute Gasteiger partial charge is 0.305 e. The van der Waals surface area contributed by atoms with Crippen LogP contribution < -0.4 is 0 Å². The van der Waals surface area contributed by atoms with Crippen molar-refractivity contribution in [3.63, 3.8) is 0 Å². The van der Waals surface area contributed by atoms with Crippen molar-refractivity contribution in [2.24, 2.45) is 5.92 Å². The molecule has 4 aromatic heterocycles. The predicted octanol–water partition coefficient (Wildman–Crippen LogP) is 21.5. The summed E-state index contributed by atoms with van der Waals surface area (Å²) < 4.78 is 0. The molecule has 0 aliphatic heterocycles. The molecule has 13 aromatic rings. The first-order valence-electron chi connectivity index (χ1n) is 30.3. The van der Waals surface area contributed by atoms with Gasteiger partial charge in [-0.05, 0) is 142 Å². The first kappa shape index (κ1) is 73.2. The Balaban J connectivity index is 0.000000192. The molecule has 0 N–H and O–H groups in total. The monoisotopic (exact) mass is 1910 g/mol. The number of hydrogen-bond acceptors (Lipinski definition) is 4. The fourth-order valence-electron chi connectivity index (χ4n) is 10.6. The summed E-state index contributed by atoms with van der Waals surface area (Å²) >= 11 is 0. The molecule has 468 valence electrons. The van der Waals surface area contributed by atoms with Gasteiger partial charge < -0.3 is 19.9 Å². The zero-order chi connectivity index (χ0) is 60.9. The second kappa shape index (κ2) is 37.6. The molecule has 0 atom stereocenters. The van der Waals surface area contributed by atoms with Crippen LogP contribution in [0.3, 0.4) is 0 Å². The Hall–Kier alpha value is -7.82. The normalized spacial score (nSPS) is 10.2. The molecule has 8 heteroatoms. The van der Waals surface area contributed by atoms with Crippen LogP contribution in [0.15, 0.2) is 286 Å². The zero-order valence-corrected chi connectivity index (χ0v) is 62.0. The zero-order valence-electron chi connectivity index (χ0n) is 52.5. The van der Waals surface area contributed by atoms with Crippen molar-refractivity contribution in [3.05, 3.63) is 338 Å². The third-order valence-corrected chi connectivity index (χ3v) is 14.9. The van der Waals surface area contributed by atoms with Gasteiger partial charge in [-0.3, -0.25) is 0 Å². The summed E-state index contributed by atoms with van der Waals surface area (Å²) in [5.74, 6) is 0.670. The third-order valence-electron chi connectivity index (χ3n) is 14.9. The van der Waals surface area contributed by atoms with Crippen LogP contribution in [0.2, 0.25) is 0 Å². The topological polar surface area (TPSA) is 51.6 Å². The van der Waals surface area contributed by atoms with E-state index in [4.69, 9.17) is 0 Å². The van der Waals surface area contributed by atoms with Crippen molar-refractivity contribution in [1.82, 2.24) is 19.9 Å². The van der Waals surface area contributed by atoms with Crippen LogP contribution in [-0.2, 0) is 99.7 Å². The standard InChI is InChI=1S/C23H16N.2C21H20N.C19H16N.4Ir/c1-2-8-18(9-3-1)19-10-6-11-20(16-19)21-12-7-13-22(17-21)23-14-4-5-15-24-23;1-16(2)13-17-7-5-8-18(14-17)19-9-6-10-20(15-19)21-11-3-4-12-22-21;1-3-16-12-17(4-2)14-20(13-16)18-8-7-9-19(15-18)21-10-5-6-11-22-21;1-14-10-15(2)12-18(11-14)16-6-5-7-17(13-16)19-8-3-4-9-20-19;;;;/h1-12,14-17H;3-9,11-12,14-16H,13H2,1-2H3;5-8,10-15H,3-4H2,1-2H3;3-6,8-13H,1-2H3;;;;/q4*-1;;;;. The fraction of sp³-hybridized carbons (Fsp3) is 0.119. The molecule has 13 rings (SSSR count). The van der Waals surface area contributed by atoms with Crippen LogP contribution in [-0.4, -0.2) is 19.9 Å². The van der Waals surface area contributed by atoms with E-state index in [9.17, 15) is 0 Å². The van der Waals surface area contributed by atoms with Crippen molar-refractivity contribution >= 4 is 0 Å². The summed E-state index contributed by atoms with van der Waals surface area (Å²) in [6.07, 6.45) is 10.5. The molecule has 4 nitrogen and oxygen atoms in total. The van der Waals surface area contributed by atoms with Gasteiger partial charge in [0, 0.05) is 105 Å². The molecule has 4 heterocycles. The maximum atomic E-state index is 4.42. The molecule has 0 saturated carbocycles. The smallest absolute Gasteiger partial charge is 0.0160 e. The molecule has 0 unspecified atom stereocenters. The van der Waals surface area contributed by atoms with Crippen LogP contribution >= 0.6 is 0 Å². The van der Waals surface area contributed by atoms with Gasteiger partial charge in [0.2, 0.25) is 0 Å². The maximum absolute atomic E-state index is 4.42. The quantitative estimate of drug-likeness (QED) is 0.108. The van der Waals surface area contributed by atoms with Crippen molar-refractivity contribution < 1.29 is 80.4 Å². The van der Waals surface area contributed by atoms with E-state index < -0.39 is 0 Å². The van der Waals surface area contributed by atoms with E-state index in [-0.39, 0.29) is 80.4 Å². The van der Waals surface area contributed by atoms with Gasteiger partial charge in [-0.25, -0.2) is 0 Å². The van der Waals surface area contributed by atoms with Crippen LogP contribution in [0, 0.1) is 44.0 Å². The number of pyridine rings is 4. The number of benzene rings is 9. The summed E-state index contributed by atoms with van der Waals surface area (Å²) in [5, 5.41) is 0. The molecule has 0 amide bonds. The Labute approximate surface area is 600 Å². The maximum Gasteiger partial charge on any atom is 0.0160 e. The SMILES string of the molecule is CC(C)Cc1cccc(-c2cc[c-]c(-c3ccccn3)c2)c1.CCc1cc(CC)cc(-c2cc[c-]c(-c3ccccn3)c2)c1.Cc1cc(C)cc(-c2cc[c-]c(-c3ccccn3)c2)c1.[Ir].[Ir].[Ir].[Ir].[c-]1ccc(-c2cccc(-c3ccccc3)c2)cc1-c1ccccn1. The second-order valence-electron chi connectivity index (χ2n) is 22.2. The number of nitrogens with zero attached hydrogens (tertiary/aromatic N) is 4. The summed E-state index contributed by atoms with van der Waals surface area (Å²) in [6, 6.07) is 103. The molecule has 92 heavy (non-hydrogen) atoms. The molecule has 0 spiro atoms. The Kier molecular flexibility index (Phi) is 30.0. The molecular formula is C84H72Ir4N4-4. The summed E-state index contributed by atoms with van der Waals surface area (Å²) in [5.41, 5.74) is 26.9. The van der Waals surface area contributed by atoms with Crippen LogP contribution in [0.1, 0.15) is 55.5 Å². The number of hydrogen-bond donors (Lipinski definition) is 0. The molecule has 9 aromatic carbocycles. The van der Waals surface area contributed by atoms with E-state index >= 15 is 0 Å². The molecule has 4 radical (unpaired) electrons. The van der Waals surface area contributed by atoms with E-state index in [1.165, 1.54) is 83.5 Å². The Bertz CT molecular complexity index is 4190. The van der Waals surface area contributed by atoms with Crippen LogP contribution in [0.4, 0.5) is 0 Å². The van der Waals surface area contributed by atoms with Gasteiger partial charge in [0.1, 0.15) is 0 Å². The van der Waals surface area contributed by atoms with Gasteiger partial charge >= 0.3 is 0 Å². The van der Waals surface area contributed by atoms with Crippen LogP contribution in [0.5, 0.6) is 0 Å². The van der Waals surface area contributed by atoms with E-state index in [2.05, 4.69) is 243 Å². The van der Waals surface area contributed by atoms with Gasteiger partial charge in [0.15, 0.2) is 0 Å². The Morgan fingerprint density at radius 1 is 0.283 bits per heavy atom. The molecule has 0 saturated heterocycles. The first-order chi connectivity index (χ1) is 43.1. The minimum atomic E-state index is 0. The Morgan fingerprint density at radius 2 is 0.598 bits per heavy atom. The molecular weight excluding hydrogens is 1830 g/mol. The summed E-state index contributed by atoms with van der Waals surface area (Å²) in [7, 11) is 0. The van der Waals surface area contributed by atoms with E-state index in [0.29, 0.717) is 5.92 Å². The van der Waals surface area contributed by atoms with Gasteiger partial charge in [-0.1, -0.05) is 197 Å². The molecule has 0 aliphatic rings. The minimum absolute atomic E-state index is 0. The van der Waals surface area contributed by atoms with Gasteiger partial charge in [0.05, 0.1) is 0 Å². The van der Waals surface area contributed by atoms with Gasteiger partial charge in [0.25, 0.3) is 0 Å². The molecule has 0 bridgehead atoms. The molecule has 0 fully saturated rings. The third kappa shape index (κ3) is 21.1. The van der Waals surface area contributed by atoms with Gasteiger partial charge in [-0.2, -0.15) is 0 Å². The summed E-state index contributed by atoms with van der Waals surface area (Å²) in [4.78, 5) is 17.6. The van der Waals surface area contributed by atoms with Crippen molar-refractivity contribution in [2.75, 3.05) is 0 Å². The van der Waals surface area contributed by atoms with Crippen molar-refractivity contribution in [1.29, 1.82) is 0 Å². The summed E-state index contributed by atoms with van der Waals surface area (Å²) in [6.45, 7) is 13.2. The Morgan fingerprint density at radius 3 is 0.967 bits per heavy atom. The van der Waals surface area contributed by atoms with Crippen LogP contribution in [0.25, 0.3) is 101 Å². The predicted molar refractivity (Wildman–Crippen MR) is 368 cm³/mol. The van der Waals surface area contributed by atoms with Crippen molar-refractivity contribution in [3.8, 4) is 101 Å². The van der Waals surface area contributed by atoms with Crippen molar-refractivity contribution in [2.45, 2.75) is 60.8 Å². The average Bonchev–Trinajstić information content (AvgIpc) is 1.02. The van der Waals surface area contributed by atoms with E-state index in [1.54, 1.807) is 0 Å². The van der Waals surface area contributed by atoms with Gasteiger partial charge in [-0.15, -0.1) is 142 Å². The van der Waals surface area contributed by atoms with E-state index in [0.717, 1.165) is 64.3 Å².